The molecule has 0 amide bonds. The Balaban J connectivity index is 1.75. The predicted molar refractivity (Wildman–Crippen MR) is 87.8 cm³/mol. The van der Waals surface area contributed by atoms with E-state index in [9.17, 15) is 0 Å². The van der Waals surface area contributed by atoms with Crippen LogP contribution in [0.1, 0.15) is 0 Å². The van der Waals surface area contributed by atoms with Crippen LogP contribution in [0.2, 0.25) is 0 Å². The van der Waals surface area contributed by atoms with Gasteiger partial charge in [-0.1, -0.05) is 48.5 Å². The van der Waals surface area contributed by atoms with Crippen molar-refractivity contribution >= 4 is 43.9 Å². The van der Waals surface area contributed by atoms with Gasteiger partial charge >= 0.3 is 0 Å². The third-order valence-corrected chi connectivity index (χ3v) is 5.15. The first-order valence-corrected chi connectivity index (χ1v) is 7.47. The summed E-state index contributed by atoms with van der Waals surface area (Å²) in [6, 6.07) is 16.8. The molecule has 4 bridgehead atoms. The van der Waals surface area contributed by atoms with Crippen LogP contribution in [0.4, 0.5) is 0 Å². The monoisotopic (exact) mass is 280 g/mol. The van der Waals surface area contributed by atoms with Gasteiger partial charge in [0.15, 0.2) is 0 Å². The second-order valence-corrected chi connectivity index (χ2v) is 6.11. The van der Waals surface area contributed by atoms with Crippen molar-refractivity contribution in [1.29, 1.82) is 0 Å². The number of hydrogen-bond acceptors (Lipinski definition) is 2. The van der Waals surface area contributed by atoms with Crippen molar-refractivity contribution in [2.75, 3.05) is 0 Å². The molecule has 100 valence electrons. The van der Waals surface area contributed by atoms with Gasteiger partial charge in [0.2, 0.25) is 0 Å². The van der Waals surface area contributed by atoms with E-state index in [1.807, 2.05) is 0 Å². The first kappa shape index (κ1) is 9.85. The highest BCUT2D eigenvalue weighted by molar-refractivity contribution is 6.37. The molecule has 22 heavy (non-hydrogen) atoms. The maximum Gasteiger partial charge on any atom is 0.144 e. The van der Waals surface area contributed by atoms with E-state index in [4.69, 9.17) is 8.83 Å². The normalized spacial score (nSPS) is 13.5. The minimum Gasteiger partial charge on any atom is -0.455 e. The smallest absolute Gasteiger partial charge is 0.144 e. The zero-order valence-corrected chi connectivity index (χ0v) is 11.4. The minimum absolute atomic E-state index is 1.01. The Kier molecular flexibility index (Phi) is 1.26. The molecular formula is C20H8O2. The van der Waals surface area contributed by atoms with Crippen LogP contribution < -0.4 is 0 Å². The van der Waals surface area contributed by atoms with E-state index in [1.165, 1.54) is 43.8 Å². The fourth-order valence-corrected chi connectivity index (χ4v) is 4.27. The maximum atomic E-state index is 6.12. The van der Waals surface area contributed by atoms with Crippen molar-refractivity contribution in [1.82, 2.24) is 0 Å². The van der Waals surface area contributed by atoms with Gasteiger partial charge < -0.3 is 8.83 Å². The van der Waals surface area contributed by atoms with Crippen LogP contribution in [0.25, 0.3) is 66.1 Å². The Bertz CT molecular complexity index is 1140. The molecule has 4 heterocycles. The van der Waals surface area contributed by atoms with Crippen LogP contribution in [0.15, 0.2) is 57.4 Å². The zero-order valence-electron chi connectivity index (χ0n) is 11.4. The topological polar surface area (TPSA) is 26.3 Å². The second-order valence-electron chi connectivity index (χ2n) is 6.11. The van der Waals surface area contributed by atoms with Crippen LogP contribution >= 0.6 is 0 Å². The van der Waals surface area contributed by atoms with E-state index in [-0.39, 0.29) is 0 Å². The highest BCUT2D eigenvalue weighted by Gasteiger charge is 2.41. The van der Waals surface area contributed by atoms with Gasteiger partial charge in [0.25, 0.3) is 0 Å². The predicted octanol–water partition coefficient (Wildman–Crippen LogP) is 6.01. The molecule has 0 N–H and O–H groups in total. The number of benzene rings is 4. The van der Waals surface area contributed by atoms with Crippen molar-refractivity contribution in [3.63, 3.8) is 0 Å². The standard InChI is InChI=1S/C20H8O2/c1-2-6-10-9(5-1)17-13-14(18(10)21-17)16-15(13)19-11-7-3-4-8-12(11)20(16)22-19/h1-8H. The van der Waals surface area contributed by atoms with Gasteiger partial charge in [0, 0.05) is 43.8 Å². The van der Waals surface area contributed by atoms with E-state index >= 15 is 0 Å². The number of rotatable bonds is 0. The molecule has 0 aliphatic heterocycles. The quantitative estimate of drug-likeness (QED) is 0.340. The zero-order chi connectivity index (χ0) is 14.0. The molecule has 2 aromatic carbocycles. The molecule has 7 rings (SSSR count). The fraction of sp³-hybridized carbons (Fsp3) is 0. The molecule has 0 unspecified atom stereocenters. The van der Waals surface area contributed by atoms with E-state index in [1.54, 1.807) is 0 Å². The van der Waals surface area contributed by atoms with Crippen molar-refractivity contribution in [3.8, 4) is 22.3 Å². The van der Waals surface area contributed by atoms with Crippen LogP contribution in [-0.4, -0.2) is 0 Å². The van der Waals surface area contributed by atoms with E-state index in [0.29, 0.717) is 0 Å². The summed E-state index contributed by atoms with van der Waals surface area (Å²) in [5, 5.41) is 4.85. The van der Waals surface area contributed by atoms with E-state index in [2.05, 4.69) is 48.5 Å². The van der Waals surface area contributed by atoms with Crippen molar-refractivity contribution in [3.05, 3.63) is 48.5 Å². The summed E-state index contributed by atoms with van der Waals surface area (Å²) in [6.07, 6.45) is 0. The molecule has 2 nitrogen and oxygen atoms in total. The van der Waals surface area contributed by atoms with Gasteiger partial charge in [-0.2, -0.15) is 0 Å². The van der Waals surface area contributed by atoms with Crippen LogP contribution in [0.5, 0.6) is 0 Å². The minimum atomic E-state index is 1.01. The summed E-state index contributed by atoms with van der Waals surface area (Å²) >= 11 is 0. The Morgan fingerprint density at radius 1 is 0.409 bits per heavy atom. The third kappa shape index (κ3) is 0.774. The third-order valence-electron chi connectivity index (χ3n) is 5.15. The summed E-state index contributed by atoms with van der Waals surface area (Å²) < 4.78 is 12.2. The molecule has 6 aromatic rings. The summed E-state index contributed by atoms with van der Waals surface area (Å²) in [4.78, 5) is 0. The molecule has 0 saturated heterocycles. The SMILES string of the molecule is c1ccc2c3oc(c4c3-c3c-4c4oc3c3ccccc43)c2c1. The highest BCUT2D eigenvalue weighted by atomic mass is 16.3. The van der Waals surface area contributed by atoms with E-state index in [0.717, 1.165) is 22.3 Å². The average molecular weight is 280 g/mol. The number of hydrogen-bond donors (Lipinski definition) is 0. The van der Waals surface area contributed by atoms with Gasteiger partial charge in [-0.25, -0.2) is 0 Å². The molecule has 0 atom stereocenters. The molecule has 0 fully saturated rings. The Morgan fingerprint density at radius 3 is 0.955 bits per heavy atom. The maximum absolute atomic E-state index is 6.12. The molecule has 0 saturated carbocycles. The number of furan rings is 4. The molecular weight excluding hydrogens is 272 g/mol. The lowest BCUT2D eigenvalue weighted by Gasteiger charge is -2.18. The largest absolute Gasteiger partial charge is 0.455 e. The lowest BCUT2D eigenvalue weighted by Crippen LogP contribution is -1.96. The fourth-order valence-electron chi connectivity index (χ4n) is 4.27. The average Bonchev–Trinajstić information content (AvgIpc) is 3.25. The molecule has 1 aliphatic rings. The number of fused-ring (bicyclic) bond motifs is 18. The lowest BCUT2D eigenvalue weighted by molar-refractivity contribution is 0.675. The van der Waals surface area contributed by atoms with Gasteiger partial charge in [-0.15, -0.1) is 0 Å². The Hall–Kier alpha value is -3.00. The van der Waals surface area contributed by atoms with Crippen molar-refractivity contribution in [2.45, 2.75) is 0 Å². The van der Waals surface area contributed by atoms with Crippen LogP contribution in [-0.2, 0) is 0 Å². The van der Waals surface area contributed by atoms with Crippen LogP contribution in [0.3, 0.4) is 0 Å². The first-order valence-electron chi connectivity index (χ1n) is 7.47. The molecule has 2 heteroatoms. The highest BCUT2D eigenvalue weighted by Crippen LogP contribution is 2.64. The van der Waals surface area contributed by atoms with E-state index < -0.39 is 0 Å². The van der Waals surface area contributed by atoms with Crippen LogP contribution in [0, 0.1) is 0 Å². The van der Waals surface area contributed by atoms with Gasteiger partial charge in [0.05, 0.1) is 0 Å². The second kappa shape index (κ2) is 2.81. The van der Waals surface area contributed by atoms with Crippen molar-refractivity contribution in [2.24, 2.45) is 0 Å². The van der Waals surface area contributed by atoms with Gasteiger partial charge in [0.1, 0.15) is 22.3 Å². The summed E-state index contributed by atoms with van der Waals surface area (Å²) in [6.45, 7) is 0. The molecule has 1 aliphatic carbocycles. The van der Waals surface area contributed by atoms with Crippen molar-refractivity contribution < 1.29 is 8.83 Å². The Morgan fingerprint density at radius 2 is 0.682 bits per heavy atom. The summed E-state index contributed by atoms with van der Waals surface area (Å²) in [5.74, 6) is 0. The lowest BCUT2D eigenvalue weighted by atomic mass is 9.78. The van der Waals surface area contributed by atoms with Gasteiger partial charge in [-0.3, -0.25) is 0 Å². The summed E-state index contributed by atoms with van der Waals surface area (Å²) in [5.41, 5.74) is 9.07. The van der Waals surface area contributed by atoms with Gasteiger partial charge in [-0.05, 0) is 0 Å². The molecule has 0 radical (unpaired) electrons. The first-order chi connectivity index (χ1) is 10.9. The summed E-state index contributed by atoms with van der Waals surface area (Å²) in [7, 11) is 0. The Labute approximate surface area is 124 Å². The molecule has 0 spiro atoms. The molecule has 4 aromatic heterocycles.